The van der Waals surface area contributed by atoms with Crippen molar-refractivity contribution in [2.45, 2.75) is 13.0 Å². The molecule has 4 heteroatoms. The van der Waals surface area contributed by atoms with Crippen molar-refractivity contribution in [3.8, 4) is 0 Å². The van der Waals surface area contributed by atoms with Crippen molar-refractivity contribution in [3.05, 3.63) is 59.9 Å². The number of hydrogen-bond acceptors (Lipinski definition) is 3. The summed E-state index contributed by atoms with van der Waals surface area (Å²) in [6.07, 6.45) is 6.37. The molecule has 3 N–H and O–H groups in total. The molecule has 0 saturated carbocycles. The number of amides is 1. The van der Waals surface area contributed by atoms with Gasteiger partial charge < -0.3 is 4.90 Å². The van der Waals surface area contributed by atoms with Gasteiger partial charge >= 0.3 is 0 Å². The fourth-order valence-corrected chi connectivity index (χ4v) is 1.75. The molecule has 4 nitrogen and oxygen atoms in total. The molecule has 1 aromatic rings. The molecule has 0 bridgehead atoms. The van der Waals surface area contributed by atoms with Crippen LogP contribution in [0.25, 0.3) is 0 Å². The van der Waals surface area contributed by atoms with Gasteiger partial charge in [0, 0.05) is 24.5 Å². The van der Waals surface area contributed by atoms with Gasteiger partial charge in [0.05, 0.1) is 0 Å². The molecule has 0 fully saturated rings. The molecular formula is C13H15N3O. The van der Waals surface area contributed by atoms with Gasteiger partial charge in [0.25, 0.3) is 5.91 Å². The van der Waals surface area contributed by atoms with Crippen molar-refractivity contribution < 1.29 is 4.79 Å². The Bertz CT molecular complexity index is 451. The van der Waals surface area contributed by atoms with Crippen LogP contribution in [0.1, 0.15) is 12.0 Å². The van der Waals surface area contributed by atoms with E-state index in [1.807, 2.05) is 41.6 Å². The van der Waals surface area contributed by atoms with Crippen LogP contribution in [0.5, 0.6) is 0 Å². The van der Waals surface area contributed by atoms with E-state index in [2.05, 4.69) is 17.6 Å². The van der Waals surface area contributed by atoms with Gasteiger partial charge in [-0.25, -0.2) is 5.84 Å². The van der Waals surface area contributed by atoms with E-state index in [9.17, 15) is 4.79 Å². The summed E-state index contributed by atoms with van der Waals surface area (Å²) in [5, 5.41) is 0. The summed E-state index contributed by atoms with van der Waals surface area (Å²) in [5.74, 6) is 4.89. The van der Waals surface area contributed by atoms with Crippen LogP contribution in [-0.4, -0.2) is 10.8 Å². The van der Waals surface area contributed by atoms with Crippen molar-refractivity contribution in [2.24, 2.45) is 5.84 Å². The largest absolute Gasteiger partial charge is 0.350 e. The molecule has 1 aromatic carbocycles. The normalized spacial score (nSPS) is 14.4. The number of carbonyl (C=O) groups excluding carboxylic acids is 1. The Morgan fingerprint density at radius 2 is 2.12 bits per heavy atom. The average molecular weight is 229 g/mol. The first-order chi connectivity index (χ1) is 8.29. The lowest BCUT2D eigenvalue weighted by molar-refractivity contribution is -0.117. The van der Waals surface area contributed by atoms with Gasteiger partial charge in [-0.3, -0.25) is 10.2 Å². The highest BCUT2D eigenvalue weighted by atomic mass is 16.2. The lowest BCUT2D eigenvalue weighted by Gasteiger charge is -2.20. The zero-order valence-corrected chi connectivity index (χ0v) is 9.47. The minimum Gasteiger partial charge on any atom is -0.350 e. The molecule has 0 unspecified atom stereocenters. The lowest BCUT2D eigenvalue weighted by atomic mass is 10.1. The van der Waals surface area contributed by atoms with E-state index in [4.69, 9.17) is 5.84 Å². The standard InChI is InChI=1S/C13H15N3O/c14-15-13(17)12-7-4-8-16(10-12)9-11-5-2-1-3-6-11/h1-6,8,10H,7,9,14H2,(H,15,17). The van der Waals surface area contributed by atoms with Gasteiger partial charge in [-0.05, 0) is 12.0 Å². The zero-order valence-electron chi connectivity index (χ0n) is 9.47. The summed E-state index contributed by atoms with van der Waals surface area (Å²) in [4.78, 5) is 13.4. The van der Waals surface area contributed by atoms with Crippen LogP contribution in [0.15, 0.2) is 54.4 Å². The maximum atomic E-state index is 11.4. The van der Waals surface area contributed by atoms with Crippen LogP contribution in [0, 0.1) is 0 Å². The molecule has 0 spiro atoms. The Balaban J connectivity index is 2.07. The zero-order chi connectivity index (χ0) is 12.1. The van der Waals surface area contributed by atoms with Gasteiger partial charge in [0.1, 0.15) is 0 Å². The number of nitrogens with zero attached hydrogens (tertiary/aromatic N) is 1. The van der Waals surface area contributed by atoms with E-state index in [0.29, 0.717) is 12.0 Å². The molecule has 1 heterocycles. The van der Waals surface area contributed by atoms with Crippen molar-refractivity contribution in [1.29, 1.82) is 0 Å². The topological polar surface area (TPSA) is 58.4 Å². The maximum Gasteiger partial charge on any atom is 0.262 e. The third-order valence-corrected chi connectivity index (χ3v) is 2.59. The monoisotopic (exact) mass is 229 g/mol. The Morgan fingerprint density at radius 1 is 1.35 bits per heavy atom. The molecule has 2 rings (SSSR count). The van der Waals surface area contributed by atoms with E-state index < -0.39 is 0 Å². The summed E-state index contributed by atoms with van der Waals surface area (Å²) in [6.45, 7) is 0.749. The van der Waals surface area contributed by atoms with Crippen molar-refractivity contribution >= 4 is 5.91 Å². The predicted octanol–water partition coefficient (Wildman–Crippen LogP) is 1.28. The quantitative estimate of drug-likeness (QED) is 0.466. The number of benzene rings is 1. The molecule has 88 valence electrons. The van der Waals surface area contributed by atoms with E-state index >= 15 is 0 Å². The van der Waals surface area contributed by atoms with Crippen LogP contribution >= 0.6 is 0 Å². The van der Waals surface area contributed by atoms with E-state index in [-0.39, 0.29) is 5.91 Å². The number of nitrogens with two attached hydrogens (primary N) is 1. The Hall–Kier alpha value is -2.07. The van der Waals surface area contributed by atoms with Gasteiger partial charge in [0.15, 0.2) is 0 Å². The molecule has 0 saturated heterocycles. The van der Waals surface area contributed by atoms with Gasteiger partial charge in [0.2, 0.25) is 0 Å². The van der Waals surface area contributed by atoms with Crippen LogP contribution in [0.4, 0.5) is 0 Å². The van der Waals surface area contributed by atoms with Crippen LogP contribution in [-0.2, 0) is 11.3 Å². The Kier molecular flexibility index (Phi) is 3.57. The maximum absolute atomic E-state index is 11.4. The minimum absolute atomic E-state index is 0.229. The highest BCUT2D eigenvalue weighted by Gasteiger charge is 2.11. The average Bonchev–Trinajstić information content (AvgIpc) is 2.39. The fraction of sp³-hybridized carbons (Fsp3) is 0.154. The van der Waals surface area contributed by atoms with E-state index in [1.54, 1.807) is 0 Å². The Labute approximate surface area is 100 Å². The summed E-state index contributed by atoms with van der Waals surface area (Å²) < 4.78 is 0. The summed E-state index contributed by atoms with van der Waals surface area (Å²) in [6, 6.07) is 10.1. The van der Waals surface area contributed by atoms with Crippen molar-refractivity contribution in [1.82, 2.24) is 10.3 Å². The number of carbonyl (C=O) groups is 1. The number of nitrogens with one attached hydrogen (secondary N) is 1. The SMILES string of the molecule is NNC(=O)C1=CN(Cc2ccccc2)C=CC1. The molecule has 0 aliphatic carbocycles. The number of hydrazine groups is 1. The smallest absolute Gasteiger partial charge is 0.262 e. The minimum atomic E-state index is -0.229. The molecule has 0 aromatic heterocycles. The van der Waals surface area contributed by atoms with Gasteiger partial charge in [-0.1, -0.05) is 36.4 Å². The summed E-state index contributed by atoms with van der Waals surface area (Å²) >= 11 is 0. The van der Waals surface area contributed by atoms with Crippen LogP contribution in [0.3, 0.4) is 0 Å². The molecule has 1 amide bonds. The highest BCUT2D eigenvalue weighted by molar-refractivity contribution is 5.93. The van der Waals surface area contributed by atoms with Crippen molar-refractivity contribution in [2.75, 3.05) is 0 Å². The summed E-state index contributed by atoms with van der Waals surface area (Å²) in [5.41, 5.74) is 4.02. The van der Waals surface area contributed by atoms with E-state index in [0.717, 1.165) is 6.54 Å². The first-order valence-electron chi connectivity index (χ1n) is 5.47. The Morgan fingerprint density at radius 3 is 2.82 bits per heavy atom. The molecule has 17 heavy (non-hydrogen) atoms. The number of rotatable bonds is 3. The van der Waals surface area contributed by atoms with Gasteiger partial charge in [-0.15, -0.1) is 0 Å². The third kappa shape index (κ3) is 2.95. The molecule has 0 radical (unpaired) electrons. The molecule has 1 aliphatic heterocycles. The highest BCUT2D eigenvalue weighted by Crippen LogP contribution is 2.14. The second-order valence-electron chi connectivity index (χ2n) is 3.87. The summed E-state index contributed by atoms with van der Waals surface area (Å²) in [7, 11) is 0. The molecule has 0 atom stereocenters. The second kappa shape index (κ2) is 5.32. The second-order valence-corrected chi connectivity index (χ2v) is 3.87. The predicted molar refractivity (Wildman–Crippen MR) is 66.2 cm³/mol. The third-order valence-electron chi connectivity index (χ3n) is 2.59. The van der Waals surface area contributed by atoms with Crippen molar-refractivity contribution in [3.63, 3.8) is 0 Å². The number of allylic oxidation sites excluding steroid dienone is 1. The number of hydrogen-bond donors (Lipinski definition) is 2. The van der Waals surface area contributed by atoms with Crippen LogP contribution in [0.2, 0.25) is 0 Å². The lowest BCUT2D eigenvalue weighted by Crippen LogP contribution is -2.32. The first-order valence-corrected chi connectivity index (χ1v) is 5.47. The van der Waals surface area contributed by atoms with E-state index in [1.165, 1.54) is 5.56 Å². The van der Waals surface area contributed by atoms with Gasteiger partial charge in [-0.2, -0.15) is 0 Å². The van der Waals surface area contributed by atoms with Crippen LogP contribution < -0.4 is 11.3 Å². The molecular weight excluding hydrogens is 214 g/mol. The fourth-order valence-electron chi connectivity index (χ4n) is 1.75. The molecule has 1 aliphatic rings. The first kappa shape index (κ1) is 11.4.